The van der Waals surface area contributed by atoms with E-state index in [1.165, 1.54) is 4.90 Å². The van der Waals surface area contributed by atoms with Gasteiger partial charge in [-0.2, -0.15) is 0 Å². The molecule has 0 aromatic heterocycles. The van der Waals surface area contributed by atoms with Gasteiger partial charge in [-0.05, 0) is 12.1 Å². The van der Waals surface area contributed by atoms with Crippen LogP contribution >= 0.6 is 0 Å². The van der Waals surface area contributed by atoms with E-state index in [9.17, 15) is 14.4 Å². The topological polar surface area (TPSA) is 63.7 Å². The fourth-order valence-corrected chi connectivity index (χ4v) is 1.47. The maximum Gasteiger partial charge on any atom is 0.333 e. The highest BCUT2D eigenvalue weighted by atomic mass is 16.6. The summed E-state index contributed by atoms with van der Waals surface area (Å²) in [7, 11) is 0. The molecule has 1 aromatic carbocycles. The lowest BCUT2D eigenvalue weighted by Crippen LogP contribution is -2.46. The second kappa shape index (κ2) is 4.14. The molecule has 1 fully saturated rings. The van der Waals surface area contributed by atoms with Gasteiger partial charge in [0.1, 0.15) is 13.1 Å². The molecule has 0 N–H and O–H groups in total. The van der Waals surface area contributed by atoms with E-state index in [0.29, 0.717) is 5.56 Å². The van der Waals surface area contributed by atoms with Crippen LogP contribution < -0.4 is 0 Å². The number of carbonyl (C=O) groups is 3. The van der Waals surface area contributed by atoms with Crippen LogP contribution in [0.4, 0.5) is 0 Å². The zero-order valence-corrected chi connectivity index (χ0v) is 8.38. The predicted octanol–water partition coefficient (Wildman–Crippen LogP) is 0.212. The standard InChI is InChI=1S/C11H9NO4/c13-9-6-12(7-10(14)16-9)11(15)8-4-2-1-3-5-8/h1-5H,6-7H2. The number of rotatable bonds is 1. The first-order chi connectivity index (χ1) is 7.66. The van der Waals surface area contributed by atoms with Crippen LogP contribution in [0.15, 0.2) is 30.3 Å². The molecule has 5 nitrogen and oxygen atoms in total. The Labute approximate surface area is 91.6 Å². The van der Waals surface area contributed by atoms with Crippen molar-refractivity contribution in [2.75, 3.05) is 13.1 Å². The van der Waals surface area contributed by atoms with Crippen LogP contribution in [0.2, 0.25) is 0 Å². The smallest absolute Gasteiger partial charge is 0.333 e. The molecule has 1 heterocycles. The van der Waals surface area contributed by atoms with E-state index in [0.717, 1.165) is 0 Å². The molecule has 1 amide bonds. The molecule has 82 valence electrons. The van der Waals surface area contributed by atoms with E-state index in [1.807, 2.05) is 0 Å². The molecule has 1 saturated heterocycles. The maximum atomic E-state index is 11.9. The summed E-state index contributed by atoms with van der Waals surface area (Å²) in [5.74, 6) is -1.73. The number of benzene rings is 1. The van der Waals surface area contributed by atoms with E-state index in [1.54, 1.807) is 30.3 Å². The van der Waals surface area contributed by atoms with Gasteiger partial charge in [0.2, 0.25) is 0 Å². The molecule has 0 aliphatic carbocycles. The Bertz CT molecular complexity index is 425. The van der Waals surface area contributed by atoms with Gasteiger partial charge in [0.05, 0.1) is 0 Å². The van der Waals surface area contributed by atoms with Crippen LogP contribution in [0, 0.1) is 0 Å². The summed E-state index contributed by atoms with van der Waals surface area (Å²) >= 11 is 0. The average Bonchev–Trinajstić information content (AvgIpc) is 2.28. The minimum Gasteiger partial charge on any atom is -0.390 e. The lowest BCUT2D eigenvalue weighted by atomic mass is 10.2. The number of morpholine rings is 1. The molecule has 0 atom stereocenters. The van der Waals surface area contributed by atoms with Gasteiger partial charge in [-0.3, -0.25) is 4.79 Å². The highest BCUT2D eigenvalue weighted by Crippen LogP contribution is 2.07. The third-order valence-electron chi connectivity index (χ3n) is 2.18. The molecule has 16 heavy (non-hydrogen) atoms. The zero-order valence-electron chi connectivity index (χ0n) is 8.38. The van der Waals surface area contributed by atoms with Crippen LogP contribution in [0.1, 0.15) is 10.4 Å². The van der Waals surface area contributed by atoms with Gasteiger partial charge >= 0.3 is 11.9 Å². The largest absolute Gasteiger partial charge is 0.390 e. The van der Waals surface area contributed by atoms with Crippen molar-refractivity contribution in [1.82, 2.24) is 4.90 Å². The van der Waals surface area contributed by atoms with Crippen molar-refractivity contribution in [1.29, 1.82) is 0 Å². The van der Waals surface area contributed by atoms with Crippen molar-refractivity contribution in [3.05, 3.63) is 35.9 Å². The number of hydrogen-bond donors (Lipinski definition) is 0. The Balaban J connectivity index is 2.16. The first-order valence-corrected chi connectivity index (χ1v) is 4.74. The lowest BCUT2D eigenvalue weighted by Gasteiger charge is -2.24. The Hall–Kier alpha value is -2.17. The molecule has 0 radical (unpaired) electrons. The molecular weight excluding hydrogens is 210 g/mol. The molecule has 0 saturated carbocycles. The van der Waals surface area contributed by atoms with E-state index >= 15 is 0 Å². The fraction of sp³-hybridized carbons (Fsp3) is 0.182. The van der Waals surface area contributed by atoms with Gasteiger partial charge < -0.3 is 9.64 Å². The number of esters is 2. The zero-order chi connectivity index (χ0) is 11.5. The monoisotopic (exact) mass is 219 g/mol. The summed E-state index contributed by atoms with van der Waals surface area (Å²) in [5, 5.41) is 0. The highest BCUT2D eigenvalue weighted by molar-refractivity contribution is 6.01. The summed E-state index contributed by atoms with van der Waals surface area (Å²) in [6.45, 7) is -0.362. The van der Waals surface area contributed by atoms with E-state index < -0.39 is 11.9 Å². The third kappa shape index (κ3) is 2.08. The Morgan fingerprint density at radius 3 is 2.19 bits per heavy atom. The second-order valence-corrected chi connectivity index (χ2v) is 3.37. The van der Waals surface area contributed by atoms with Crippen molar-refractivity contribution >= 4 is 17.8 Å². The molecule has 5 heteroatoms. The Kier molecular flexibility index (Phi) is 2.68. The van der Waals surface area contributed by atoms with Gasteiger partial charge in [-0.25, -0.2) is 9.59 Å². The molecule has 2 rings (SSSR count). The number of hydrogen-bond acceptors (Lipinski definition) is 4. The molecule has 0 unspecified atom stereocenters. The van der Waals surface area contributed by atoms with Gasteiger partial charge in [0.15, 0.2) is 0 Å². The minimum absolute atomic E-state index is 0.181. The van der Waals surface area contributed by atoms with Crippen molar-refractivity contribution in [2.45, 2.75) is 0 Å². The highest BCUT2D eigenvalue weighted by Gasteiger charge is 2.28. The van der Waals surface area contributed by atoms with Crippen molar-refractivity contribution in [2.24, 2.45) is 0 Å². The molecular formula is C11H9NO4. The van der Waals surface area contributed by atoms with Crippen molar-refractivity contribution < 1.29 is 19.1 Å². The Morgan fingerprint density at radius 1 is 1.06 bits per heavy atom. The van der Waals surface area contributed by atoms with Crippen molar-refractivity contribution in [3.8, 4) is 0 Å². The van der Waals surface area contributed by atoms with E-state index in [-0.39, 0.29) is 19.0 Å². The summed E-state index contributed by atoms with van der Waals surface area (Å²) < 4.78 is 4.33. The van der Waals surface area contributed by atoms with E-state index in [2.05, 4.69) is 4.74 Å². The molecule has 0 spiro atoms. The number of amides is 1. The SMILES string of the molecule is O=C1CN(C(=O)c2ccccc2)CC(=O)O1. The average molecular weight is 219 g/mol. The fourth-order valence-electron chi connectivity index (χ4n) is 1.47. The molecule has 1 aliphatic rings. The van der Waals surface area contributed by atoms with Crippen LogP contribution in [0.25, 0.3) is 0 Å². The lowest BCUT2D eigenvalue weighted by molar-refractivity contribution is -0.165. The van der Waals surface area contributed by atoms with Crippen LogP contribution in [-0.2, 0) is 14.3 Å². The van der Waals surface area contributed by atoms with Crippen LogP contribution in [0.3, 0.4) is 0 Å². The van der Waals surface area contributed by atoms with Gasteiger partial charge in [0, 0.05) is 5.56 Å². The van der Waals surface area contributed by atoms with Crippen LogP contribution in [0.5, 0.6) is 0 Å². The summed E-state index contributed by atoms with van der Waals surface area (Å²) in [6, 6.07) is 8.49. The summed E-state index contributed by atoms with van der Waals surface area (Å²) in [4.78, 5) is 35.0. The number of carbonyl (C=O) groups excluding carboxylic acids is 3. The number of cyclic esters (lactones) is 2. The van der Waals surface area contributed by atoms with E-state index in [4.69, 9.17) is 0 Å². The summed E-state index contributed by atoms with van der Waals surface area (Å²) in [5.41, 5.74) is 0.449. The van der Waals surface area contributed by atoms with Gasteiger partial charge in [-0.1, -0.05) is 18.2 Å². The second-order valence-electron chi connectivity index (χ2n) is 3.37. The molecule has 1 aromatic rings. The van der Waals surface area contributed by atoms with Gasteiger partial charge in [0.25, 0.3) is 5.91 Å². The molecule has 0 bridgehead atoms. The first-order valence-electron chi connectivity index (χ1n) is 4.74. The summed E-state index contributed by atoms with van der Waals surface area (Å²) in [6.07, 6.45) is 0. The molecule has 1 aliphatic heterocycles. The quantitative estimate of drug-likeness (QED) is 0.500. The third-order valence-corrected chi connectivity index (χ3v) is 2.18. The predicted molar refractivity (Wildman–Crippen MR) is 53.4 cm³/mol. The normalized spacial score (nSPS) is 15.9. The number of nitrogens with zero attached hydrogens (tertiary/aromatic N) is 1. The Morgan fingerprint density at radius 2 is 1.62 bits per heavy atom. The minimum atomic E-state index is -0.694. The van der Waals surface area contributed by atoms with Gasteiger partial charge in [-0.15, -0.1) is 0 Å². The van der Waals surface area contributed by atoms with Crippen LogP contribution in [-0.4, -0.2) is 35.8 Å². The number of ether oxygens (including phenoxy) is 1. The maximum absolute atomic E-state index is 11.9. The first kappa shape index (κ1) is 10.4. The van der Waals surface area contributed by atoms with Crippen molar-refractivity contribution in [3.63, 3.8) is 0 Å².